The highest BCUT2D eigenvalue weighted by molar-refractivity contribution is 6.54. The number of hydrogen-bond donors (Lipinski definition) is 1. The summed E-state index contributed by atoms with van der Waals surface area (Å²) in [5.74, 6) is 0.116. The molecule has 2 aliphatic rings. The molecule has 2 aliphatic heterocycles. The first kappa shape index (κ1) is 22.1. The first-order valence-corrected chi connectivity index (χ1v) is 11.0. The standard InChI is InChI=1S/C27H23N5O3/c1-31(2)19-11-9-17(10-12-19)15-23-27(34)32(25(28-23)18-7-5-4-6-8-18)30-24-21-16-20(35-3)13-14-22(21)29-26(24)33/h4-16H,1-3H3,(H,29,30,33)/b23-15+. The number of amides is 2. The number of methoxy groups -OCH3 is 1. The number of aliphatic imine (C=N–C) groups is 1. The van der Waals surface area contributed by atoms with Gasteiger partial charge in [0.15, 0.2) is 11.5 Å². The van der Waals surface area contributed by atoms with Gasteiger partial charge in [-0.05, 0) is 42.0 Å². The number of ether oxygens (including phenoxy) is 1. The van der Waals surface area contributed by atoms with Gasteiger partial charge in [-0.2, -0.15) is 10.1 Å². The van der Waals surface area contributed by atoms with Crippen molar-refractivity contribution in [1.29, 1.82) is 0 Å². The topological polar surface area (TPSA) is 86.6 Å². The van der Waals surface area contributed by atoms with E-state index in [9.17, 15) is 9.59 Å². The van der Waals surface area contributed by atoms with Crippen LogP contribution in [0.3, 0.4) is 0 Å². The minimum absolute atomic E-state index is 0.118. The van der Waals surface area contributed by atoms with Crippen LogP contribution in [0.25, 0.3) is 6.08 Å². The molecule has 5 rings (SSSR count). The molecule has 8 heteroatoms. The molecule has 174 valence electrons. The van der Waals surface area contributed by atoms with E-state index >= 15 is 0 Å². The summed E-state index contributed by atoms with van der Waals surface area (Å²) in [6.45, 7) is 0. The van der Waals surface area contributed by atoms with Gasteiger partial charge in [-0.3, -0.25) is 9.59 Å². The molecule has 35 heavy (non-hydrogen) atoms. The zero-order chi connectivity index (χ0) is 24.5. The Bertz CT molecular complexity index is 1410. The Hall–Kier alpha value is -4.72. The van der Waals surface area contributed by atoms with Crippen LogP contribution < -0.4 is 15.0 Å². The second-order valence-corrected chi connectivity index (χ2v) is 8.25. The largest absolute Gasteiger partial charge is 0.497 e. The molecule has 0 radical (unpaired) electrons. The van der Waals surface area contributed by atoms with Gasteiger partial charge in [0.05, 0.1) is 12.8 Å². The monoisotopic (exact) mass is 465 g/mol. The van der Waals surface area contributed by atoms with E-state index in [-0.39, 0.29) is 11.4 Å². The van der Waals surface area contributed by atoms with Crippen molar-refractivity contribution in [1.82, 2.24) is 5.01 Å². The Morgan fingerprint density at radius 3 is 2.43 bits per heavy atom. The number of amidine groups is 1. The van der Waals surface area contributed by atoms with Crippen LogP contribution >= 0.6 is 0 Å². The summed E-state index contributed by atoms with van der Waals surface area (Å²) in [6.07, 6.45) is 1.72. The lowest BCUT2D eigenvalue weighted by molar-refractivity contribution is -0.122. The van der Waals surface area contributed by atoms with Gasteiger partial charge in [-0.25, -0.2) is 4.99 Å². The van der Waals surface area contributed by atoms with Crippen LogP contribution in [0, 0.1) is 0 Å². The van der Waals surface area contributed by atoms with Gasteiger partial charge in [0.2, 0.25) is 0 Å². The molecule has 0 saturated carbocycles. The Morgan fingerprint density at radius 1 is 1.00 bits per heavy atom. The van der Waals surface area contributed by atoms with Crippen LogP contribution in [0.5, 0.6) is 5.75 Å². The molecule has 0 fully saturated rings. The lowest BCUT2D eigenvalue weighted by Gasteiger charge is -2.13. The third-order valence-corrected chi connectivity index (χ3v) is 5.73. The number of hydrogen-bond acceptors (Lipinski definition) is 6. The van der Waals surface area contributed by atoms with E-state index in [2.05, 4.69) is 15.4 Å². The van der Waals surface area contributed by atoms with Crippen LogP contribution in [0.2, 0.25) is 0 Å². The quantitative estimate of drug-likeness (QED) is 0.582. The van der Waals surface area contributed by atoms with Crippen molar-refractivity contribution < 1.29 is 14.3 Å². The van der Waals surface area contributed by atoms with E-state index in [1.54, 1.807) is 31.4 Å². The molecule has 2 amide bonds. The van der Waals surface area contributed by atoms with E-state index < -0.39 is 11.8 Å². The molecule has 3 aromatic rings. The summed E-state index contributed by atoms with van der Waals surface area (Å²) in [5.41, 5.74) is 4.11. The molecule has 0 aliphatic carbocycles. The fourth-order valence-corrected chi connectivity index (χ4v) is 3.86. The maximum Gasteiger partial charge on any atom is 0.298 e. The van der Waals surface area contributed by atoms with E-state index in [0.717, 1.165) is 11.3 Å². The van der Waals surface area contributed by atoms with E-state index in [1.165, 1.54) is 5.01 Å². The average Bonchev–Trinajstić information content (AvgIpc) is 3.35. The van der Waals surface area contributed by atoms with Crippen LogP contribution in [-0.2, 0) is 9.59 Å². The second kappa shape index (κ2) is 8.90. The van der Waals surface area contributed by atoms with Gasteiger partial charge in [0.1, 0.15) is 11.4 Å². The second-order valence-electron chi connectivity index (χ2n) is 8.25. The predicted octanol–water partition coefficient (Wildman–Crippen LogP) is 3.75. The molecular formula is C27H23N5O3. The zero-order valence-corrected chi connectivity index (χ0v) is 19.5. The Kier molecular flexibility index (Phi) is 5.62. The lowest BCUT2D eigenvalue weighted by Crippen LogP contribution is -2.30. The van der Waals surface area contributed by atoms with Crippen molar-refractivity contribution >= 4 is 40.8 Å². The Balaban J connectivity index is 1.58. The molecule has 0 unspecified atom stereocenters. The molecule has 0 spiro atoms. The molecule has 2 heterocycles. The first-order valence-electron chi connectivity index (χ1n) is 11.0. The van der Waals surface area contributed by atoms with Gasteiger partial charge >= 0.3 is 0 Å². The highest BCUT2D eigenvalue weighted by Crippen LogP contribution is 2.30. The maximum atomic E-state index is 13.5. The smallest absolute Gasteiger partial charge is 0.298 e. The van der Waals surface area contributed by atoms with Gasteiger partial charge in [0.25, 0.3) is 11.8 Å². The molecule has 0 aromatic heterocycles. The number of benzene rings is 3. The maximum absolute atomic E-state index is 13.5. The predicted molar refractivity (Wildman–Crippen MR) is 137 cm³/mol. The van der Waals surface area contributed by atoms with Crippen LogP contribution in [0.4, 0.5) is 11.4 Å². The van der Waals surface area contributed by atoms with Crippen molar-refractivity contribution in [3.63, 3.8) is 0 Å². The summed E-state index contributed by atoms with van der Waals surface area (Å²) in [6, 6.07) is 22.3. The zero-order valence-electron chi connectivity index (χ0n) is 19.5. The fraction of sp³-hybridized carbons (Fsp3) is 0.111. The number of hydrazone groups is 1. The lowest BCUT2D eigenvalue weighted by atomic mass is 10.1. The number of nitrogens with zero attached hydrogens (tertiary/aromatic N) is 4. The molecule has 1 N–H and O–H groups in total. The number of carbonyl (C=O) groups excluding carboxylic acids is 2. The van der Waals surface area contributed by atoms with E-state index in [4.69, 9.17) is 4.74 Å². The summed E-state index contributed by atoms with van der Waals surface area (Å²) < 4.78 is 5.30. The normalized spacial score (nSPS) is 17.0. The third kappa shape index (κ3) is 4.17. The molecule has 0 atom stereocenters. The Morgan fingerprint density at radius 2 is 1.74 bits per heavy atom. The molecule has 0 saturated heterocycles. The van der Waals surface area contributed by atoms with Crippen molar-refractivity contribution in [2.75, 3.05) is 31.4 Å². The van der Waals surface area contributed by atoms with Crippen LogP contribution in [-0.4, -0.2) is 49.6 Å². The molecular weight excluding hydrogens is 442 g/mol. The van der Waals surface area contributed by atoms with E-state index in [1.807, 2.05) is 73.6 Å². The van der Waals surface area contributed by atoms with Crippen molar-refractivity contribution in [2.24, 2.45) is 10.1 Å². The highest BCUT2D eigenvalue weighted by atomic mass is 16.5. The van der Waals surface area contributed by atoms with Gasteiger partial charge in [0, 0.05) is 30.9 Å². The van der Waals surface area contributed by atoms with Crippen molar-refractivity contribution in [3.8, 4) is 5.75 Å². The number of anilines is 2. The SMILES string of the molecule is COc1ccc2c(c1)/C(=N/N1C(=O)/C(=C\c3ccc(N(C)C)cc3)N=C1c1ccccc1)C(=O)N2. The van der Waals surface area contributed by atoms with Crippen molar-refractivity contribution in [3.05, 3.63) is 95.2 Å². The molecule has 8 nitrogen and oxygen atoms in total. The summed E-state index contributed by atoms with van der Waals surface area (Å²) in [7, 11) is 5.48. The minimum Gasteiger partial charge on any atom is -0.497 e. The summed E-state index contributed by atoms with van der Waals surface area (Å²) >= 11 is 0. The highest BCUT2D eigenvalue weighted by Gasteiger charge is 2.35. The van der Waals surface area contributed by atoms with Crippen LogP contribution in [0.15, 0.2) is 88.6 Å². The first-order chi connectivity index (χ1) is 16.9. The third-order valence-electron chi connectivity index (χ3n) is 5.73. The number of carbonyl (C=O) groups is 2. The van der Waals surface area contributed by atoms with Crippen molar-refractivity contribution in [2.45, 2.75) is 0 Å². The number of nitrogens with one attached hydrogen (secondary N) is 1. The average molecular weight is 466 g/mol. The number of fused-ring (bicyclic) bond motifs is 1. The Labute approximate surface area is 202 Å². The minimum atomic E-state index is -0.419. The van der Waals surface area contributed by atoms with Gasteiger partial charge < -0.3 is 15.0 Å². The van der Waals surface area contributed by atoms with Gasteiger partial charge in [-0.1, -0.05) is 42.5 Å². The van der Waals surface area contributed by atoms with Gasteiger partial charge in [-0.15, -0.1) is 0 Å². The summed E-state index contributed by atoms with van der Waals surface area (Å²) in [4.78, 5) is 32.8. The molecule has 0 bridgehead atoms. The van der Waals surface area contributed by atoms with E-state index in [0.29, 0.717) is 28.4 Å². The number of rotatable bonds is 5. The summed E-state index contributed by atoms with van der Waals surface area (Å²) in [5, 5.41) is 8.47. The van der Waals surface area contributed by atoms with Crippen LogP contribution in [0.1, 0.15) is 16.7 Å². The fourth-order valence-electron chi connectivity index (χ4n) is 3.86. The molecule has 3 aromatic carbocycles.